The van der Waals surface area contributed by atoms with Gasteiger partial charge in [0.05, 0.1) is 12.2 Å². The van der Waals surface area contributed by atoms with Crippen molar-refractivity contribution in [3.63, 3.8) is 0 Å². The average Bonchev–Trinajstić information content (AvgIpc) is 2.67. The maximum Gasteiger partial charge on any atom is 0.267 e. The van der Waals surface area contributed by atoms with E-state index in [0.29, 0.717) is 41.9 Å². The molecule has 0 bridgehead atoms. The molecule has 0 radical (unpaired) electrons. The fraction of sp³-hybridized carbons (Fsp3) is 0.300. The number of nitrogens with zero attached hydrogens (tertiary/aromatic N) is 1. The number of carbonyl (C=O) groups excluding carboxylic acids is 2. The van der Waals surface area contributed by atoms with Crippen LogP contribution in [0.1, 0.15) is 13.3 Å². The van der Waals surface area contributed by atoms with Crippen LogP contribution >= 0.6 is 11.6 Å². The molecule has 6 nitrogen and oxygen atoms in total. The summed E-state index contributed by atoms with van der Waals surface area (Å²) in [4.78, 5) is 26.1. The molecule has 2 aromatic carbocycles. The van der Waals surface area contributed by atoms with Crippen LogP contribution in [0.4, 0.5) is 5.69 Å². The smallest absolute Gasteiger partial charge is 0.267 e. The maximum absolute atomic E-state index is 12.4. The van der Waals surface area contributed by atoms with E-state index >= 15 is 0 Å². The van der Waals surface area contributed by atoms with E-state index in [1.165, 1.54) is 0 Å². The Bertz CT molecular complexity index is 810. The van der Waals surface area contributed by atoms with E-state index in [4.69, 9.17) is 21.1 Å². The Balaban J connectivity index is 1.45. The van der Waals surface area contributed by atoms with Crippen LogP contribution in [0.5, 0.6) is 11.5 Å². The fourth-order valence-corrected chi connectivity index (χ4v) is 2.91. The highest BCUT2D eigenvalue weighted by atomic mass is 35.5. The zero-order valence-corrected chi connectivity index (χ0v) is 15.7. The Morgan fingerprint density at radius 3 is 2.74 bits per heavy atom. The van der Waals surface area contributed by atoms with Crippen molar-refractivity contribution in [3.05, 3.63) is 53.6 Å². The molecule has 1 aliphatic heterocycles. The van der Waals surface area contributed by atoms with E-state index in [9.17, 15) is 9.59 Å². The molecule has 2 aromatic rings. The van der Waals surface area contributed by atoms with Gasteiger partial charge in [-0.25, -0.2) is 0 Å². The average molecular weight is 389 g/mol. The van der Waals surface area contributed by atoms with Crippen molar-refractivity contribution in [2.45, 2.75) is 19.4 Å². The Morgan fingerprint density at radius 1 is 1.22 bits per heavy atom. The van der Waals surface area contributed by atoms with Gasteiger partial charge in [0.15, 0.2) is 6.10 Å². The van der Waals surface area contributed by atoms with Gasteiger partial charge in [-0.2, -0.15) is 0 Å². The lowest BCUT2D eigenvalue weighted by molar-refractivity contribution is -0.125. The number of halogens is 1. The van der Waals surface area contributed by atoms with E-state index in [1.54, 1.807) is 36.1 Å². The normalized spacial score (nSPS) is 15.7. The number of amides is 2. The number of hydrogen-bond donors (Lipinski definition) is 1. The number of rotatable bonds is 7. The molecule has 2 amide bonds. The van der Waals surface area contributed by atoms with Gasteiger partial charge < -0.3 is 19.7 Å². The van der Waals surface area contributed by atoms with Crippen molar-refractivity contribution in [2.75, 3.05) is 24.6 Å². The third-order valence-corrected chi connectivity index (χ3v) is 4.39. The summed E-state index contributed by atoms with van der Waals surface area (Å²) in [5, 5.41) is 3.44. The second-order valence-electron chi connectivity index (χ2n) is 6.12. The summed E-state index contributed by atoms with van der Waals surface area (Å²) in [7, 11) is 0. The Morgan fingerprint density at radius 2 is 1.96 bits per heavy atom. The van der Waals surface area contributed by atoms with Gasteiger partial charge >= 0.3 is 0 Å². The zero-order chi connectivity index (χ0) is 19.2. The third-order valence-electron chi connectivity index (χ3n) is 4.14. The minimum atomic E-state index is -0.560. The molecular weight excluding hydrogens is 368 g/mol. The van der Waals surface area contributed by atoms with E-state index in [-0.39, 0.29) is 18.2 Å². The third kappa shape index (κ3) is 4.92. The topological polar surface area (TPSA) is 67.9 Å². The molecule has 7 heteroatoms. The zero-order valence-electron chi connectivity index (χ0n) is 15.0. The van der Waals surface area contributed by atoms with Crippen LogP contribution in [0.2, 0.25) is 5.02 Å². The van der Waals surface area contributed by atoms with Crippen LogP contribution < -0.4 is 19.7 Å². The van der Waals surface area contributed by atoms with E-state index < -0.39 is 6.10 Å². The standard InChI is InChI=1S/C20H21ClN2O4/c1-14-20(25)23(17-4-2-3-5-18(17)27-14)12-10-19(24)22-11-13-26-16-8-6-15(21)7-9-16/h2-9,14H,10-13H2,1H3,(H,22,24)/t14-/m0/s1. The van der Waals surface area contributed by atoms with Crippen LogP contribution in [0.25, 0.3) is 0 Å². The Labute approximate surface area is 163 Å². The van der Waals surface area contributed by atoms with Gasteiger partial charge in [-0.1, -0.05) is 23.7 Å². The monoisotopic (exact) mass is 388 g/mol. The highest BCUT2D eigenvalue weighted by molar-refractivity contribution is 6.30. The van der Waals surface area contributed by atoms with Crippen LogP contribution in [0.3, 0.4) is 0 Å². The SMILES string of the molecule is C[C@@H]1Oc2ccccc2N(CCC(=O)NCCOc2ccc(Cl)cc2)C1=O. The molecule has 3 rings (SSSR count). The first-order valence-corrected chi connectivity index (χ1v) is 9.14. The van der Waals surface area contributed by atoms with Crippen molar-refractivity contribution in [2.24, 2.45) is 0 Å². The first-order valence-electron chi connectivity index (χ1n) is 8.77. The summed E-state index contributed by atoms with van der Waals surface area (Å²) >= 11 is 5.82. The number of benzene rings is 2. The second kappa shape index (κ2) is 8.77. The van der Waals surface area contributed by atoms with E-state index in [2.05, 4.69) is 5.32 Å². The molecule has 0 unspecified atom stereocenters. The van der Waals surface area contributed by atoms with Gasteiger partial charge in [0.1, 0.15) is 18.1 Å². The van der Waals surface area contributed by atoms with E-state index in [0.717, 1.165) is 0 Å². The first kappa shape index (κ1) is 19.0. The molecule has 27 heavy (non-hydrogen) atoms. The molecule has 0 spiro atoms. The van der Waals surface area contributed by atoms with Crippen LogP contribution in [0, 0.1) is 0 Å². The minimum Gasteiger partial charge on any atom is -0.492 e. The number of fused-ring (bicyclic) bond motifs is 1. The number of anilines is 1. The first-order chi connectivity index (χ1) is 13.0. The predicted octanol–water partition coefficient (Wildman–Crippen LogP) is 3.04. The summed E-state index contributed by atoms with van der Waals surface area (Å²) in [6, 6.07) is 14.4. The second-order valence-corrected chi connectivity index (χ2v) is 6.56. The molecule has 0 saturated carbocycles. The molecule has 142 valence electrons. The van der Waals surface area contributed by atoms with Gasteiger partial charge in [0, 0.05) is 18.0 Å². The highest BCUT2D eigenvalue weighted by Crippen LogP contribution is 2.33. The van der Waals surface area contributed by atoms with Gasteiger partial charge in [-0.05, 0) is 43.3 Å². The summed E-state index contributed by atoms with van der Waals surface area (Å²) in [6.45, 7) is 2.74. The Hall–Kier alpha value is -2.73. The number of ether oxygens (including phenoxy) is 2. The number of nitrogens with one attached hydrogen (secondary N) is 1. The Kier molecular flexibility index (Phi) is 6.19. The highest BCUT2D eigenvalue weighted by Gasteiger charge is 2.31. The van der Waals surface area contributed by atoms with Crippen LogP contribution in [-0.2, 0) is 9.59 Å². The molecule has 1 aliphatic rings. The van der Waals surface area contributed by atoms with Crippen molar-refractivity contribution >= 4 is 29.1 Å². The fourth-order valence-electron chi connectivity index (χ4n) is 2.78. The lowest BCUT2D eigenvalue weighted by atomic mass is 10.1. The molecule has 0 aromatic heterocycles. The summed E-state index contributed by atoms with van der Waals surface area (Å²) in [6.07, 6.45) is -0.357. The number of para-hydroxylation sites is 2. The molecular formula is C20H21ClN2O4. The molecule has 1 atom stereocenters. The number of hydrogen-bond acceptors (Lipinski definition) is 4. The minimum absolute atomic E-state index is 0.140. The summed E-state index contributed by atoms with van der Waals surface area (Å²) in [5.74, 6) is 1.06. The lowest BCUT2D eigenvalue weighted by Crippen LogP contribution is -2.45. The molecule has 1 heterocycles. The molecule has 0 saturated heterocycles. The number of carbonyl (C=O) groups is 2. The van der Waals surface area contributed by atoms with Crippen LogP contribution in [0.15, 0.2) is 48.5 Å². The van der Waals surface area contributed by atoms with Gasteiger partial charge in [0.2, 0.25) is 5.91 Å². The predicted molar refractivity (Wildman–Crippen MR) is 103 cm³/mol. The van der Waals surface area contributed by atoms with Crippen LogP contribution in [-0.4, -0.2) is 37.6 Å². The molecule has 0 fully saturated rings. The largest absolute Gasteiger partial charge is 0.492 e. The van der Waals surface area contributed by atoms with Crippen molar-refractivity contribution < 1.29 is 19.1 Å². The van der Waals surface area contributed by atoms with Crippen molar-refractivity contribution in [1.29, 1.82) is 0 Å². The summed E-state index contributed by atoms with van der Waals surface area (Å²) < 4.78 is 11.1. The van der Waals surface area contributed by atoms with Crippen molar-refractivity contribution in [3.8, 4) is 11.5 Å². The maximum atomic E-state index is 12.4. The van der Waals surface area contributed by atoms with Crippen molar-refractivity contribution in [1.82, 2.24) is 5.32 Å². The quantitative estimate of drug-likeness (QED) is 0.740. The molecule has 0 aliphatic carbocycles. The van der Waals surface area contributed by atoms with E-state index in [1.807, 2.05) is 24.3 Å². The molecule has 1 N–H and O–H groups in total. The van der Waals surface area contributed by atoms with Gasteiger partial charge in [-0.3, -0.25) is 9.59 Å². The lowest BCUT2D eigenvalue weighted by Gasteiger charge is -2.32. The summed E-state index contributed by atoms with van der Waals surface area (Å²) in [5.41, 5.74) is 0.694. The van der Waals surface area contributed by atoms with Gasteiger partial charge in [-0.15, -0.1) is 0 Å². The van der Waals surface area contributed by atoms with Gasteiger partial charge in [0.25, 0.3) is 5.91 Å².